The molecule has 0 radical (unpaired) electrons. The number of barbiturate groups is 1. The lowest BCUT2D eigenvalue weighted by Gasteiger charge is -2.36. The molecule has 0 spiro atoms. The first-order valence-corrected chi connectivity index (χ1v) is 10.4. The van der Waals surface area contributed by atoms with E-state index in [1.165, 1.54) is 30.4 Å². The maximum absolute atomic E-state index is 14.7. The lowest BCUT2D eigenvalue weighted by Crippen LogP contribution is -2.59. The molecule has 4 amide bonds. The van der Waals surface area contributed by atoms with Gasteiger partial charge < -0.3 is 0 Å². The Bertz CT molecular complexity index is 959. The van der Waals surface area contributed by atoms with E-state index in [1.54, 1.807) is 6.08 Å². The van der Waals surface area contributed by atoms with Crippen molar-refractivity contribution >= 4 is 17.8 Å². The van der Waals surface area contributed by atoms with Crippen LogP contribution in [0.4, 0.5) is 22.4 Å². The third kappa shape index (κ3) is 4.76. The molecule has 0 aromatic heterocycles. The molecule has 32 heavy (non-hydrogen) atoms. The second-order valence-electron chi connectivity index (χ2n) is 7.74. The largest absolute Gasteiger partial charge is 0.333 e. The first kappa shape index (κ1) is 23.7. The first-order valence-electron chi connectivity index (χ1n) is 10.4. The van der Waals surface area contributed by atoms with E-state index in [9.17, 15) is 31.9 Å². The van der Waals surface area contributed by atoms with Crippen molar-refractivity contribution in [3.63, 3.8) is 0 Å². The number of rotatable bonds is 6. The van der Waals surface area contributed by atoms with E-state index in [1.807, 2.05) is 13.8 Å². The van der Waals surface area contributed by atoms with Crippen molar-refractivity contribution < 1.29 is 31.9 Å². The summed E-state index contributed by atoms with van der Waals surface area (Å²) >= 11 is 0. The minimum Gasteiger partial charge on any atom is -0.274 e. The number of urea groups is 1. The second kappa shape index (κ2) is 8.88. The summed E-state index contributed by atoms with van der Waals surface area (Å²) in [5.41, 5.74) is -0.754. The van der Waals surface area contributed by atoms with Crippen LogP contribution in [0.5, 0.6) is 0 Å². The number of benzene rings is 1. The Morgan fingerprint density at radius 1 is 0.875 bits per heavy atom. The molecule has 1 saturated carbocycles. The average Bonchev–Trinajstić information content (AvgIpc) is 3.55. The van der Waals surface area contributed by atoms with Crippen LogP contribution in [0.15, 0.2) is 54.1 Å². The molecule has 1 saturated heterocycles. The van der Waals surface area contributed by atoms with Crippen LogP contribution in [0.1, 0.15) is 32.3 Å². The van der Waals surface area contributed by atoms with Crippen LogP contribution in [0, 0.1) is 11.8 Å². The number of halogens is 4. The van der Waals surface area contributed by atoms with Crippen molar-refractivity contribution in [2.45, 2.75) is 38.5 Å². The summed E-state index contributed by atoms with van der Waals surface area (Å²) in [5, 5.41) is 0. The number of fused-ring (bicyclic) bond motifs is 1. The smallest absolute Gasteiger partial charge is 0.274 e. The van der Waals surface area contributed by atoms with E-state index >= 15 is 0 Å². The molecule has 1 heterocycles. The van der Waals surface area contributed by atoms with Gasteiger partial charge in [0.1, 0.15) is 6.42 Å². The van der Waals surface area contributed by atoms with Crippen LogP contribution in [-0.2, 0) is 15.5 Å². The zero-order valence-corrected chi connectivity index (χ0v) is 17.7. The molecule has 2 fully saturated rings. The number of nitrogens with zero attached hydrogens (tertiary/aromatic N) is 2. The van der Waals surface area contributed by atoms with Crippen molar-refractivity contribution in [2.75, 3.05) is 13.1 Å². The molecule has 0 bridgehead atoms. The van der Waals surface area contributed by atoms with E-state index < -0.39 is 54.8 Å². The van der Waals surface area contributed by atoms with Gasteiger partial charge >= 0.3 is 6.03 Å². The summed E-state index contributed by atoms with van der Waals surface area (Å²) in [6.07, 6.45) is 4.18. The van der Waals surface area contributed by atoms with Gasteiger partial charge in [-0.05, 0) is 18.3 Å². The Morgan fingerprint density at radius 2 is 1.44 bits per heavy atom. The topological polar surface area (TPSA) is 57.7 Å². The Morgan fingerprint density at radius 3 is 2.00 bits per heavy atom. The van der Waals surface area contributed by atoms with Crippen molar-refractivity contribution in [1.29, 1.82) is 0 Å². The van der Waals surface area contributed by atoms with Crippen LogP contribution < -0.4 is 0 Å². The third-order valence-corrected chi connectivity index (χ3v) is 5.51. The van der Waals surface area contributed by atoms with Gasteiger partial charge in [0.15, 0.2) is 0 Å². The number of carbonyl (C=O) groups is 3. The number of hydrogen-bond acceptors (Lipinski definition) is 3. The lowest BCUT2D eigenvalue weighted by molar-refractivity contribution is -0.148. The summed E-state index contributed by atoms with van der Waals surface area (Å²) in [6.45, 7) is 1.36. The van der Waals surface area contributed by atoms with Gasteiger partial charge in [0.2, 0.25) is 11.8 Å². The van der Waals surface area contributed by atoms with Gasteiger partial charge in [0.25, 0.3) is 11.8 Å². The summed E-state index contributed by atoms with van der Waals surface area (Å²) < 4.78 is 58.6. The Hall–Kier alpha value is -2.97. The molecule has 1 aliphatic heterocycles. The van der Waals surface area contributed by atoms with Gasteiger partial charge in [0, 0.05) is 11.1 Å². The maximum atomic E-state index is 14.7. The predicted octanol–water partition coefficient (Wildman–Crippen LogP) is 4.75. The molecule has 4 rings (SSSR count). The Kier molecular flexibility index (Phi) is 6.57. The fourth-order valence-corrected chi connectivity index (χ4v) is 3.66. The van der Waals surface area contributed by atoms with Crippen molar-refractivity contribution in [2.24, 2.45) is 11.8 Å². The van der Waals surface area contributed by atoms with E-state index in [0.29, 0.717) is 0 Å². The zero-order chi connectivity index (χ0) is 23.7. The van der Waals surface area contributed by atoms with E-state index in [0.717, 1.165) is 18.6 Å². The fraction of sp³-hybridized carbons (Fsp3) is 0.435. The molecular formula is C23H24F4N2O3. The highest BCUT2D eigenvalue weighted by atomic mass is 19.3. The number of amides is 4. The molecular weight excluding hydrogens is 428 g/mol. The van der Waals surface area contributed by atoms with Gasteiger partial charge in [-0.1, -0.05) is 62.4 Å². The van der Waals surface area contributed by atoms with Crippen molar-refractivity contribution in [1.82, 2.24) is 9.80 Å². The molecule has 3 aliphatic rings. The second-order valence-corrected chi connectivity index (χ2v) is 7.74. The van der Waals surface area contributed by atoms with E-state index in [2.05, 4.69) is 0 Å². The lowest BCUT2D eigenvalue weighted by atomic mass is 10.0. The molecule has 2 unspecified atom stereocenters. The van der Waals surface area contributed by atoms with Crippen molar-refractivity contribution in [3.8, 4) is 0 Å². The highest BCUT2D eigenvalue weighted by molar-refractivity contribution is 6.14. The van der Waals surface area contributed by atoms with E-state index in [-0.39, 0.29) is 27.2 Å². The molecule has 2 atom stereocenters. The molecule has 1 aromatic rings. The molecule has 1 aromatic carbocycles. The summed E-state index contributed by atoms with van der Waals surface area (Å²) in [5.74, 6) is -9.16. The third-order valence-electron chi connectivity index (χ3n) is 5.51. The van der Waals surface area contributed by atoms with Gasteiger partial charge in [-0.3, -0.25) is 19.4 Å². The van der Waals surface area contributed by atoms with Crippen LogP contribution >= 0.6 is 0 Å². The summed E-state index contributed by atoms with van der Waals surface area (Å²) in [7, 11) is 0. The highest BCUT2D eigenvalue weighted by Gasteiger charge is 2.49. The molecule has 9 heteroatoms. The Labute approximate surface area is 183 Å². The number of allylic oxidation sites excluding steroid dienone is 3. The van der Waals surface area contributed by atoms with Crippen LogP contribution in [0.25, 0.3) is 0 Å². The quantitative estimate of drug-likeness (QED) is 0.462. The number of hydrogen-bond donors (Lipinski definition) is 0. The zero-order valence-electron chi connectivity index (χ0n) is 17.7. The predicted molar refractivity (Wildman–Crippen MR) is 109 cm³/mol. The van der Waals surface area contributed by atoms with Crippen LogP contribution in [0.3, 0.4) is 0 Å². The summed E-state index contributed by atoms with van der Waals surface area (Å²) in [4.78, 5) is 37.2. The van der Waals surface area contributed by atoms with Crippen LogP contribution in [-0.4, -0.2) is 46.7 Å². The van der Waals surface area contributed by atoms with Gasteiger partial charge in [0.05, 0.1) is 13.1 Å². The van der Waals surface area contributed by atoms with Gasteiger partial charge in [-0.15, -0.1) is 0 Å². The normalized spacial score (nSPS) is 22.8. The maximum Gasteiger partial charge on any atom is 0.333 e. The Balaban J connectivity index is 0.00000141. The molecule has 172 valence electrons. The minimum atomic E-state index is -3.60. The van der Waals surface area contributed by atoms with Crippen molar-refractivity contribution in [3.05, 3.63) is 59.7 Å². The number of alkyl halides is 4. The van der Waals surface area contributed by atoms with Gasteiger partial charge in [-0.2, -0.15) is 17.6 Å². The average molecular weight is 452 g/mol. The summed E-state index contributed by atoms with van der Waals surface area (Å²) in [6, 6.07) is 5.06. The minimum absolute atomic E-state index is 0.0197. The SMILES string of the molecule is CC.O=C1CC(=O)N(CC(F)(F)c2ccccc2)C(=O)N1CC(F)(F)C1=CC2CC2C=C1. The molecule has 2 aliphatic carbocycles. The molecule has 5 nitrogen and oxygen atoms in total. The van der Waals surface area contributed by atoms with Gasteiger partial charge in [-0.25, -0.2) is 4.79 Å². The molecule has 0 N–H and O–H groups in total. The first-order chi connectivity index (χ1) is 15.1. The number of imide groups is 2. The highest BCUT2D eigenvalue weighted by Crippen LogP contribution is 2.47. The monoisotopic (exact) mass is 452 g/mol. The fourth-order valence-electron chi connectivity index (χ4n) is 3.66. The standard InChI is InChI=1S/C21H18F4N2O3.C2H6/c22-20(23,15-4-2-1-3-5-15)11-26-17(28)10-18(29)27(19(26)30)12-21(24,25)16-7-6-13-8-14(13)9-16;1-2/h1-7,9,13-14H,8,10-12H2;1-2H3. The van der Waals surface area contributed by atoms with Crippen LogP contribution in [0.2, 0.25) is 0 Å². The number of carbonyl (C=O) groups excluding carboxylic acids is 3. The van der Waals surface area contributed by atoms with E-state index in [4.69, 9.17) is 0 Å².